The summed E-state index contributed by atoms with van der Waals surface area (Å²) in [6.45, 7) is 7.96. The Morgan fingerprint density at radius 2 is 2.05 bits per heavy atom. The van der Waals surface area contributed by atoms with Crippen molar-refractivity contribution in [2.75, 3.05) is 13.1 Å². The van der Waals surface area contributed by atoms with Crippen LogP contribution in [0.5, 0.6) is 0 Å². The van der Waals surface area contributed by atoms with Crippen LogP contribution in [0, 0.1) is 5.92 Å². The molecule has 0 saturated heterocycles. The van der Waals surface area contributed by atoms with E-state index in [1.165, 1.54) is 0 Å². The Bertz CT molecular complexity index is 572. The molecule has 0 aliphatic heterocycles. The van der Waals surface area contributed by atoms with Crippen molar-refractivity contribution in [2.24, 2.45) is 5.92 Å². The first-order valence-electron chi connectivity index (χ1n) is 7.42. The third-order valence-electron chi connectivity index (χ3n) is 4.01. The van der Waals surface area contributed by atoms with Crippen molar-refractivity contribution in [3.63, 3.8) is 0 Å². The van der Waals surface area contributed by atoms with Crippen LogP contribution < -0.4 is 0 Å². The van der Waals surface area contributed by atoms with Gasteiger partial charge in [0.15, 0.2) is 0 Å². The number of carbonyl (C=O) groups is 1. The molecule has 1 N–H and O–H groups in total. The summed E-state index contributed by atoms with van der Waals surface area (Å²) in [7, 11) is 0. The molecule has 4 heteroatoms. The van der Waals surface area contributed by atoms with Gasteiger partial charge in [-0.25, -0.2) is 0 Å². The Morgan fingerprint density at radius 3 is 2.70 bits per heavy atom. The number of rotatable bonds is 6. The molecule has 0 spiro atoms. The number of nitrogens with one attached hydrogen (secondary N) is 1. The lowest BCUT2D eigenvalue weighted by molar-refractivity contribution is 0.0736. The smallest absolute Gasteiger partial charge is 0.256 e. The summed E-state index contributed by atoms with van der Waals surface area (Å²) in [6, 6.07) is 5.75. The molecule has 1 aromatic carbocycles. The Labute approximate surface area is 120 Å². The number of nitrogens with zero attached hydrogens (tertiary/aromatic N) is 2. The molecule has 0 radical (unpaired) electrons. The van der Waals surface area contributed by atoms with E-state index in [9.17, 15) is 4.79 Å². The standard InChI is InChI=1S/C16H23N3O/c1-4-12(5-2)11-19(6-3)16(20)14-9-7-8-13-10-17-18-15(13)14/h7-10,12H,4-6,11H2,1-3H3,(H,17,18). The van der Waals surface area contributed by atoms with Gasteiger partial charge in [0.1, 0.15) is 0 Å². The van der Waals surface area contributed by atoms with E-state index in [0.29, 0.717) is 11.5 Å². The van der Waals surface area contributed by atoms with Crippen molar-refractivity contribution < 1.29 is 4.79 Å². The maximum Gasteiger partial charge on any atom is 0.256 e. The van der Waals surface area contributed by atoms with Crippen molar-refractivity contribution in [3.05, 3.63) is 30.0 Å². The minimum Gasteiger partial charge on any atom is -0.339 e. The molecule has 2 rings (SSSR count). The molecule has 0 saturated carbocycles. The summed E-state index contributed by atoms with van der Waals surface area (Å²) in [5, 5.41) is 7.94. The van der Waals surface area contributed by atoms with Crippen LogP contribution in [-0.4, -0.2) is 34.1 Å². The van der Waals surface area contributed by atoms with Gasteiger partial charge < -0.3 is 4.90 Å². The van der Waals surface area contributed by atoms with E-state index >= 15 is 0 Å². The third-order valence-corrected chi connectivity index (χ3v) is 4.01. The van der Waals surface area contributed by atoms with E-state index in [1.54, 1.807) is 6.20 Å². The number of aromatic nitrogens is 2. The normalized spacial score (nSPS) is 11.2. The van der Waals surface area contributed by atoms with Gasteiger partial charge in [0.25, 0.3) is 5.91 Å². The molecule has 0 fully saturated rings. The van der Waals surface area contributed by atoms with E-state index in [4.69, 9.17) is 0 Å². The number of hydrogen-bond acceptors (Lipinski definition) is 2. The summed E-state index contributed by atoms with van der Waals surface area (Å²) >= 11 is 0. The number of hydrogen-bond donors (Lipinski definition) is 1. The van der Waals surface area contributed by atoms with Gasteiger partial charge in [0.2, 0.25) is 0 Å². The molecule has 0 aliphatic carbocycles. The van der Waals surface area contributed by atoms with E-state index in [2.05, 4.69) is 24.0 Å². The second-order valence-electron chi connectivity index (χ2n) is 5.17. The molecular formula is C16H23N3O. The largest absolute Gasteiger partial charge is 0.339 e. The van der Waals surface area contributed by atoms with Crippen molar-refractivity contribution in [1.29, 1.82) is 0 Å². The molecule has 1 heterocycles. The van der Waals surface area contributed by atoms with Gasteiger partial charge in [-0.15, -0.1) is 0 Å². The van der Waals surface area contributed by atoms with Crippen molar-refractivity contribution in [2.45, 2.75) is 33.6 Å². The summed E-state index contributed by atoms with van der Waals surface area (Å²) in [4.78, 5) is 14.7. The topological polar surface area (TPSA) is 49.0 Å². The second kappa shape index (κ2) is 6.55. The highest BCUT2D eigenvalue weighted by molar-refractivity contribution is 6.05. The van der Waals surface area contributed by atoms with Crippen molar-refractivity contribution >= 4 is 16.8 Å². The number of aromatic amines is 1. The summed E-state index contributed by atoms with van der Waals surface area (Å²) in [6.07, 6.45) is 3.96. The van der Waals surface area contributed by atoms with Gasteiger partial charge in [0.05, 0.1) is 17.3 Å². The minimum absolute atomic E-state index is 0.0919. The molecule has 0 aliphatic rings. The molecule has 1 aromatic heterocycles. The van der Waals surface area contributed by atoms with Gasteiger partial charge in [-0.05, 0) is 18.9 Å². The fourth-order valence-corrected chi connectivity index (χ4v) is 2.53. The van der Waals surface area contributed by atoms with Crippen molar-refractivity contribution in [1.82, 2.24) is 15.1 Å². The predicted molar refractivity (Wildman–Crippen MR) is 81.7 cm³/mol. The number of para-hydroxylation sites is 1. The molecule has 20 heavy (non-hydrogen) atoms. The quantitative estimate of drug-likeness (QED) is 0.876. The predicted octanol–water partition coefficient (Wildman–Crippen LogP) is 3.46. The number of H-pyrrole nitrogens is 1. The second-order valence-corrected chi connectivity index (χ2v) is 5.17. The zero-order valence-corrected chi connectivity index (χ0v) is 12.5. The summed E-state index contributed by atoms with van der Waals surface area (Å²) in [5.41, 5.74) is 1.55. The number of benzene rings is 1. The van der Waals surface area contributed by atoms with Crippen molar-refractivity contribution in [3.8, 4) is 0 Å². The van der Waals surface area contributed by atoms with Gasteiger partial charge in [0, 0.05) is 18.5 Å². The van der Waals surface area contributed by atoms with Gasteiger partial charge >= 0.3 is 0 Å². The average Bonchev–Trinajstić information content (AvgIpc) is 2.96. The molecule has 108 valence electrons. The van der Waals surface area contributed by atoms with E-state index in [1.807, 2.05) is 30.0 Å². The third kappa shape index (κ3) is 2.84. The summed E-state index contributed by atoms with van der Waals surface area (Å²) < 4.78 is 0. The SMILES string of the molecule is CCC(CC)CN(CC)C(=O)c1cccc2cn[nH]c12. The molecular weight excluding hydrogens is 250 g/mol. The first kappa shape index (κ1) is 14.6. The highest BCUT2D eigenvalue weighted by Gasteiger charge is 2.19. The maximum atomic E-state index is 12.7. The first-order valence-corrected chi connectivity index (χ1v) is 7.42. The van der Waals surface area contributed by atoms with Crippen LogP contribution in [0.2, 0.25) is 0 Å². The van der Waals surface area contributed by atoms with E-state index in [0.717, 1.165) is 36.8 Å². The Hall–Kier alpha value is -1.84. The zero-order chi connectivity index (χ0) is 14.5. The lowest BCUT2D eigenvalue weighted by Gasteiger charge is -2.25. The Balaban J connectivity index is 2.26. The maximum absolute atomic E-state index is 12.7. The van der Waals surface area contributed by atoms with Crippen LogP contribution in [0.4, 0.5) is 0 Å². The Kier molecular flexibility index (Phi) is 4.77. The van der Waals surface area contributed by atoms with Crippen LogP contribution in [-0.2, 0) is 0 Å². The fraction of sp³-hybridized carbons (Fsp3) is 0.500. The van der Waals surface area contributed by atoms with Gasteiger partial charge in [-0.2, -0.15) is 5.10 Å². The van der Waals surface area contributed by atoms with Gasteiger partial charge in [-0.1, -0.05) is 38.8 Å². The highest BCUT2D eigenvalue weighted by Crippen LogP contribution is 2.19. The zero-order valence-electron chi connectivity index (χ0n) is 12.5. The molecule has 2 aromatic rings. The first-order chi connectivity index (χ1) is 9.71. The van der Waals surface area contributed by atoms with Crippen LogP contribution in [0.25, 0.3) is 10.9 Å². The van der Waals surface area contributed by atoms with Crippen LogP contribution in [0.15, 0.2) is 24.4 Å². The highest BCUT2D eigenvalue weighted by atomic mass is 16.2. The van der Waals surface area contributed by atoms with E-state index in [-0.39, 0.29) is 5.91 Å². The molecule has 0 bridgehead atoms. The lowest BCUT2D eigenvalue weighted by atomic mass is 10.0. The number of carbonyl (C=O) groups excluding carboxylic acids is 1. The molecule has 4 nitrogen and oxygen atoms in total. The van der Waals surface area contributed by atoms with Crippen LogP contribution >= 0.6 is 0 Å². The van der Waals surface area contributed by atoms with Crippen LogP contribution in [0.3, 0.4) is 0 Å². The molecule has 1 amide bonds. The minimum atomic E-state index is 0.0919. The van der Waals surface area contributed by atoms with Crippen LogP contribution in [0.1, 0.15) is 44.0 Å². The molecule has 0 unspecified atom stereocenters. The van der Waals surface area contributed by atoms with E-state index < -0.39 is 0 Å². The Morgan fingerprint density at radius 1 is 1.30 bits per heavy atom. The average molecular weight is 273 g/mol. The summed E-state index contributed by atoms with van der Waals surface area (Å²) in [5.74, 6) is 0.661. The number of amides is 1. The van der Waals surface area contributed by atoms with Gasteiger partial charge in [-0.3, -0.25) is 9.89 Å². The fourth-order valence-electron chi connectivity index (χ4n) is 2.53. The monoisotopic (exact) mass is 273 g/mol. The number of fused-ring (bicyclic) bond motifs is 1. The lowest BCUT2D eigenvalue weighted by Crippen LogP contribution is -2.35. The molecule has 0 atom stereocenters.